The summed E-state index contributed by atoms with van der Waals surface area (Å²) in [6.45, 7) is 0.501. The fourth-order valence-corrected chi connectivity index (χ4v) is 1.12. The molecule has 1 aromatic rings. The summed E-state index contributed by atoms with van der Waals surface area (Å²) in [5.41, 5.74) is 5.16. The van der Waals surface area contributed by atoms with Crippen LogP contribution >= 0.6 is 0 Å². The summed E-state index contributed by atoms with van der Waals surface area (Å²) >= 11 is 0. The molecule has 18 heavy (non-hydrogen) atoms. The molecule has 0 saturated heterocycles. The van der Waals surface area contributed by atoms with Crippen molar-refractivity contribution in [3.8, 4) is 5.88 Å². The van der Waals surface area contributed by atoms with Gasteiger partial charge in [-0.25, -0.2) is 4.98 Å². The summed E-state index contributed by atoms with van der Waals surface area (Å²) in [6.07, 6.45) is 1.02. The molecular weight excluding hydrogens is 244 g/mol. The smallest absolute Gasteiger partial charge is 0.288 e. The van der Waals surface area contributed by atoms with Crippen LogP contribution in [0.1, 0.15) is 5.56 Å². The van der Waals surface area contributed by atoms with Gasteiger partial charge in [-0.2, -0.15) is 0 Å². The zero-order chi connectivity index (χ0) is 13.5. The third kappa shape index (κ3) is 3.28. The van der Waals surface area contributed by atoms with E-state index in [2.05, 4.69) is 10.1 Å². The van der Waals surface area contributed by atoms with Crippen molar-refractivity contribution in [2.45, 2.75) is 0 Å². The largest absolute Gasteiger partial charge is 0.475 e. The number of pyridine rings is 1. The summed E-state index contributed by atoms with van der Waals surface area (Å²) in [6, 6.07) is 1.12. The van der Waals surface area contributed by atoms with Gasteiger partial charge in [0.25, 0.3) is 5.69 Å². The highest BCUT2D eigenvalue weighted by molar-refractivity contribution is 5.99. The Balaban J connectivity index is 3.05. The zero-order valence-corrected chi connectivity index (χ0v) is 9.57. The third-order valence-corrected chi connectivity index (χ3v) is 1.96. The van der Waals surface area contributed by atoms with E-state index in [1.807, 2.05) is 0 Å². The molecule has 1 heterocycles. The van der Waals surface area contributed by atoms with Crippen LogP contribution in [0.2, 0.25) is 0 Å². The zero-order valence-electron chi connectivity index (χ0n) is 9.57. The lowest BCUT2D eigenvalue weighted by molar-refractivity contribution is -0.385. The van der Waals surface area contributed by atoms with E-state index < -0.39 is 4.92 Å². The monoisotopic (exact) mass is 256 g/mol. The maximum Gasteiger partial charge on any atom is 0.288 e. The number of amidine groups is 1. The number of hydrogen-bond acceptors (Lipinski definition) is 7. The lowest BCUT2D eigenvalue weighted by atomic mass is 10.2. The van der Waals surface area contributed by atoms with E-state index >= 15 is 0 Å². The predicted octanol–water partition coefficient (Wildman–Crippen LogP) is 0.110. The van der Waals surface area contributed by atoms with E-state index in [0.717, 1.165) is 12.3 Å². The fourth-order valence-electron chi connectivity index (χ4n) is 1.12. The van der Waals surface area contributed by atoms with Crippen LogP contribution in [-0.2, 0) is 4.74 Å². The first-order valence-corrected chi connectivity index (χ1v) is 4.84. The summed E-state index contributed by atoms with van der Waals surface area (Å²) in [5, 5.41) is 22.0. The number of oxime groups is 1. The van der Waals surface area contributed by atoms with Gasteiger partial charge in [-0.3, -0.25) is 10.1 Å². The van der Waals surface area contributed by atoms with Gasteiger partial charge in [-0.15, -0.1) is 0 Å². The van der Waals surface area contributed by atoms with Gasteiger partial charge in [0.15, 0.2) is 5.84 Å². The first-order chi connectivity index (χ1) is 8.60. The molecule has 0 amide bonds. The van der Waals surface area contributed by atoms with E-state index in [0.29, 0.717) is 6.61 Å². The third-order valence-electron chi connectivity index (χ3n) is 1.96. The van der Waals surface area contributed by atoms with E-state index in [-0.39, 0.29) is 29.6 Å². The van der Waals surface area contributed by atoms with Crippen LogP contribution in [0.3, 0.4) is 0 Å². The Morgan fingerprint density at radius 1 is 1.67 bits per heavy atom. The average Bonchev–Trinajstić information content (AvgIpc) is 2.38. The second-order valence-electron chi connectivity index (χ2n) is 3.13. The molecule has 3 N–H and O–H groups in total. The highest BCUT2D eigenvalue weighted by Crippen LogP contribution is 2.20. The standard InChI is InChI=1S/C9H12N4O5/c1-17-2-3-18-9-7(8(10)12-14)4-6(5-11-9)13(15)16/h4-5,14H,2-3H2,1H3,(H2,10,12). The average molecular weight is 256 g/mol. The van der Waals surface area contributed by atoms with Gasteiger partial charge in [0.2, 0.25) is 5.88 Å². The van der Waals surface area contributed by atoms with Crippen molar-refractivity contribution in [3.05, 3.63) is 27.9 Å². The predicted molar refractivity (Wildman–Crippen MR) is 60.8 cm³/mol. The van der Waals surface area contributed by atoms with Gasteiger partial charge in [-0.1, -0.05) is 5.16 Å². The molecule has 0 saturated carbocycles. The molecule has 1 aromatic heterocycles. The van der Waals surface area contributed by atoms with Crippen LogP contribution in [0.15, 0.2) is 17.4 Å². The molecular formula is C9H12N4O5. The lowest BCUT2D eigenvalue weighted by Gasteiger charge is -2.08. The van der Waals surface area contributed by atoms with Crippen molar-refractivity contribution in [2.24, 2.45) is 10.9 Å². The number of nitrogens with two attached hydrogens (primary N) is 1. The van der Waals surface area contributed by atoms with Gasteiger partial charge >= 0.3 is 0 Å². The van der Waals surface area contributed by atoms with Gasteiger partial charge in [0, 0.05) is 13.2 Å². The molecule has 0 aliphatic carbocycles. The summed E-state index contributed by atoms with van der Waals surface area (Å²) in [7, 11) is 1.50. The second-order valence-corrected chi connectivity index (χ2v) is 3.13. The molecule has 98 valence electrons. The molecule has 0 aromatic carbocycles. The number of ether oxygens (including phenoxy) is 2. The van der Waals surface area contributed by atoms with Crippen molar-refractivity contribution in [3.63, 3.8) is 0 Å². The Morgan fingerprint density at radius 3 is 2.94 bits per heavy atom. The minimum atomic E-state index is -0.639. The molecule has 0 aliphatic rings. The Kier molecular flexibility index (Phi) is 4.81. The molecule has 0 bridgehead atoms. The number of aromatic nitrogens is 1. The minimum absolute atomic E-state index is 0.0351. The number of nitro groups is 1. The van der Waals surface area contributed by atoms with Crippen LogP contribution in [0, 0.1) is 10.1 Å². The molecule has 0 radical (unpaired) electrons. The Morgan fingerprint density at radius 2 is 2.39 bits per heavy atom. The Hall–Kier alpha value is -2.42. The molecule has 9 heteroatoms. The number of methoxy groups -OCH3 is 1. The molecule has 0 unspecified atom stereocenters. The molecule has 1 rings (SSSR count). The molecule has 0 spiro atoms. The highest BCUT2D eigenvalue weighted by atomic mass is 16.6. The number of hydrogen-bond donors (Lipinski definition) is 2. The summed E-state index contributed by atoms with van der Waals surface area (Å²) < 4.78 is 9.98. The lowest BCUT2D eigenvalue weighted by Crippen LogP contribution is -2.17. The van der Waals surface area contributed by atoms with Crippen molar-refractivity contribution in [1.29, 1.82) is 0 Å². The van der Waals surface area contributed by atoms with Crippen molar-refractivity contribution in [2.75, 3.05) is 20.3 Å². The van der Waals surface area contributed by atoms with Crippen LogP contribution < -0.4 is 10.5 Å². The fraction of sp³-hybridized carbons (Fsp3) is 0.333. The van der Waals surface area contributed by atoms with Gasteiger partial charge in [-0.05, 0) is 0 Å². The normalized spacial score (nSPS) is 11.3. The van der Waals surface area contributed by atoms with Gasteiger partial charge in [0.1, 0.15) is 12.8 Å². The maximum atomic E-state index is 10.6. The minimum Gasteiger partial charge on any atom is -0.475 e. The van der Waals surface area contributed by atoms with Crippen LogP contribution in [0.5, 0.6) is 5.88 Å². The first-order valence-electron chi connectivity index (χ1n) is 4.84. The van der Waals surface area contributed by atoms with Crippen LogP contribution in [0.25, 0.3) is 0 Å². The Bertz CT molecular complexity index is 462. The van der Waals surface area contributed by atoms with Crippen molar-refractivity contribution in [1.82, 2.24) is 4.98 Å². The van der Waals surface area contributed by atoms with E-state index in [4.69, 9.17) is 20.4 Å². The first kappa shape index (κ1) is 13.6. The van der Waals surface area contributed by atoms with Gasteiger partial charge in [0.05, 0.1) is 17.1 Å². The van der Waals surface area contributed by atoms with Crippen molar-refractivity contribution >= 4 is 11.5 Å². The van der Waals surface area contributed by atoms with Crippen molar-refractivity contribution < 1.29 is 19.6 Å². The second kappa shape index (κ2) is 6.35. The Labute approximate surface area is 102 Å². The molecule has 0 fully saturated rings. The topological polar surface area (TPSA) is 133 Å². The van der Waals surface area contributed by atoms with Crippen LogP contribution in [-0.4, -0.2) is 41.3 Å². The molecule has 0 atom stereocenters. The van der Waals surface area contributed by atoms with E-state index in [9.17, 15) is 10.1 Å². The van der Waals surface area contributed by atoms with Gasteiger partial charge < -0.3 is 20.4 Å². The quantitative estimate of drug-likeness (QED) is 0.184. The summed E-state index contributed by atoms with van der Waals surface area (Å²) in [4.78, 5) is 13.7. The SMILES string of the molecule is COCCOc1ncc([N+](=O)[O-])cc1C(N)=NO. The number of rotatable bonds is 6. The summed E-state index contributed by atoms with van der Waals surface area (Å²) in [5.74, 6) is -0.286. The molecule has 0 aliphatic heterocycles. The van der Waals surface area contributed by atoms with E-state index in [1.165, 1.54) is 7.11 Å². The highest BCUT2D eigenvalue weighted by Gasteiger charge is 2.16. The maximum absolute atomic E-state index is 10.6. The molecule has 9 nitrogen and oxygen atoms in total. The van der Waals surface area contributed by atoms with Crippen LogP contribution in [0.4, 0.5) is 5.69 Å². The van der Waals surface area contributed by atoms with E-state index in [1.54, 1.807) is 0 Å². The number of nitrogens with zero attached hydrogens (tertiary/aromatic N) is 3.